The molecule has 3 saturated heterocycles. The van der Waals surface area contributed by atoms with Crippen LogP contribution in [0, 0.1) is 11.8 Å². The van der Waals surface area contributed by atoms with E-state index in [0.717, 1.165) is 58.0 Å². The third-order valence-electron chi connectivity index (χ3n) is 7.83. The molecule has 1 aliphatic carbocycles. The number of nitrogens with one attached hydrogen (secondary N) is 3. The van der Waals surface area contributed by atoms with Crippen LogP contribution in [0.2, 0.25) is 0 Å². The standard InChI is InChI=1S/C27H40N6O4/c1-27(2,3)30-26(36)37-24-20-16-32(17-21(20)24)11-10-31-12-14-33(15-13-31)19-6-4-18(5-7-19)28-22-8-9-23(34)29-25(22)35/h4-7,20-22,24,28H,8-17H2,1-3H3,(H,30,36)(H,29,34,35). The number of benzene rings is 1. The number of piperazine rings is 1. The van der Waals surface area contributed by atoms with Crippen molar-refractivity contribution in [3.8, 4) is 0 Å². The molecule has 5 rings (SSSR count). The highest BCUT2D eigenvalue weighted by Gasteiger charge is 2.58. The number of fused-ring (bicyclic) bond motifs is 1. The maximum absolute atomic E-state index is 12.0. The van der Waals surface area contributed by atoms with Gasteiger partial charge in [-0.3, -0.25) is 19.8 Å². The second-order valence-corrected chi connectivity index (χ2v) is 11.9. The van der Waals surface area contributed by atoms with Crippen molar-refractivity contribution in [2.75, 3.05) is 62.6 Å². The molecule has 3 heterocycles. The minimum atomic E-state index is -0.361. The summed E-state index contributed by atoms with van der Waals surface area (Å²) in [7, 11) is 0. The molecule has 3 unspecified atom stereocenters. The topological polar surface area (TPSA) is 106 Å². The normalized spacial score (nSPS) is 28.5. The van der Waals surface area contributed by atoms with Crippen molar-refractivity contribution in [2.24, 2.45) is 11.8 Å². The predicted molar refractivity (Wildman–Crippen MR) is 141 cm³/mol. The lowest BCUT2D eigenvalue weighted by Gasteiger charge is -2.37. The summed E-state index contributed by atoms with van der Waals surface area (Å²) in [4.78, 5) is 42.8. The van der Waals surface area contributed by atoms with Crippen LogP contribution in [0.25, 0.3) is 0 Å². The summed E-state index contributed by atoms with van der Waals surface area (Å²) >= 11 is 0. The monoisotopic (exact) mass is 512 g/mol. The number of amides is 3. The van der Waals surface area contributed by atoms with Crippen LogP contribution in [0.3, 0.4) is 0 Å². The summed E-state index contributed by atoms with van der Waals surface area (Å²) in [6.45, 7) is 14.1. The SMILES string of the molecule is CC(C)(C)NC(=O)OC1C2CN(CCN3CCN(c4ccc(NC5CCC(=O)NC5=O)cc4)CC3)CC21. The zero-order valence-corrected chi connectivity index (χ0v) is 22.2. The van der Waals surface area contributed by atoms with Gasteiger partial charge in [0.1, 0.15) is 12.1 Å². The van der Waals surface area contributed by atoms with E-state index in [4.69, 9.17) is 4.74 Å². The molecule has 37 heavy (non-hydrogen) atoms. The average molecular weight is 513 g/mol. The Morgan fingerprint density at radius 3 is 2.27 bits per heavy atom. The van der Waals surface area contributed by atoms with Crippen LogP contribution in [-0.4, -0.2) is 97.8 Å². The average Bonchev–Trinajstić information content (AvgIpc) is 3.27. The molecule has 10 heteroatoms. The van der Waals surface area contributed by atoms with Crippen LogP contribution in [0.4, 0.5) is 16.2 Å². The fourth-order valence-corrected chi connectivity index (χ4v) is 5.69. The lowest BCUT2D eigenvalue weighted by Crippen LogP contribution is -2.48. The number of nitrogens with zero attached hydrogens (tertiary/aromatic N) is 3. The van der Waals surface area contributed by atoms with E-state index in [0.29, 0.717) is 24.7 Å². The van der Waals surface area contributed by atoms with Crippen LogP contribution >= 0.6 is 0 Å². The van der Waals surface area contributed by atoms with E-state index in [1.165, 1.54) is 5.69 Å². The first-order valence-electron chi connectivity index (χ1n) is 13.5. The second kappa shape index (κ2) is 10.5. The number of likely N-dealkylation sites (tertiary alicyclic amines) is 1. The number of imide groups is 1. The summed E-state index contributed by atoms with van der Waals surface area (Å²) < 4.78 is 5.63. The van der Waals surface area contributed by atoms with Gasteiger partial charge in [-0.15, -0.1) is 0 Å². The smallest absolute Gasteiger partial charge is 0.407 e. The number of ether oxygens (including phenoxy) is 1. The number of carbonyl (C=O) groups excluding carboxylic acids is 3. The largest absolute Gasteiger partial charge is 0.446 e. The van der Waals surface area contributed by atoms with Gasteiger partial charge in [0.25, 0.3) is 0 Å². The first-order valence-corrected chi connectivity index (χ1v) is 13.5. The molecule has 4 fully saturated rings. The van der Waals surface area contributed by atoms with E-state index in [9.17, 15) is 14.4 Å². The van der Waals surface area contributed by atoms with E-state index in [-0.39, 0.29) is 35.6 Å². The van der Waals surface area contributed by atoms with Gasteiger partial charge >= 0.3 is 6.09 Å². The first kappa shape index (κ1) is 25.8. The van der Waals surface area contributed by atoms with Crippen LogP contribution < -0.4 is 20.9 Å². The molecular formula is C27H40N6O4. The summed E-state index contributed by atoms with van der Waals surface area (Å²) in [5.41, 5.74) is 1.81. The van der Waals surface area contributed by atoms with Gasteiger partial charge in [-0.05, 0) is 51.5 Å². The lowest BCUT2D eigenvalue weighted by atomic mass is 10.1. The van der Waals surface area contributed by atoms with E-state index >= 15 is 0 Å². The van der Waals surface area contributed by atoms with Gasteiger partial charge in [0, 0.05) is 87.5 Å². The van der Waals surface area contributed by atoms with Crippen molar-refractivity contribution in [1.29, 1.82) is 0 Å². The Hall–Kier alpha value is -2.85. The van der Waals surface area contributed by atoms with Gasteiger partial charge < -0.3 is 25.2 Å². The Morgan fingerprint density at radius 1 is 1.00 bits per heavy atom. The number of hydrogen-bond acceptors (Lipinski definition) is 8. The molecule has 3 atom stereocenters. The molecular weight excluding hydrogens is 472 g/mol. The molecule has 202 valence electrons. The Bertz CT molecular complexity index is 989. The van der Waals surface area contributed by atoms with Gasteiger partial charge in [0.2, 0.25) is 11.8 Å². The highest BCUT2D eigenvalue weighted by Crippen LogP contribution is 2.47. The first-order chi connectivity index (χ1) is 17.6. The van der Waals surface area contributed by atoms with Crippen molar-refractivity contribution >= 4 is 29.3 Å². The zero-order valence-electron chi connectivity index (χ0n) is 22.2. The van der Waals surface area contributed by atoms with Gasteiger partial charge in [0.05, 0.1) is 0 Å². The number of rotatable bonds is 7. The van der Waals surface area contributed by atoms with Crippen molar-refractivity contribution in [2.45, 2.75) is 51.3 Å². The lowest BCUT2D eigenvalue weighted by molar-refractivity contribution is -0.133. The van der Waals surface area contributed by atoms with Gasteiger partial charge in [-0.25, -0.2) is 4.79 Å². The fourth-order valence-electron chi connectivity index (χ4n) is 5.69. The van der Waals surface area contributed by atoms with E-state index in [1.807, 2.05) is 32.9 Å². The molecule has 3 amide bonds. The number of hydrogen-bond donors (Lipinski definition) is 3. The van der Waals surface area contributed by atoms with E-state index in [1.54, 1.807) is 0 Å². The van der Waals surface area contributed by atoms with Crippen molar-refractivity contribution < 1.29 is 19.1 Å². The third kappa shape index (κ3) is 6.54. The zero-order chi connectivity index (χ0) is 26.2. The summed E-state index contributed by atoms with van der Waals surface area (Å²) in [6.07, 6.45) is 0.691. The van der Waals surface area contributed by atoms with Crippen LogP contribution in [0.1, 0.15) is 33.6 Å². The maximum Gasteiger partial charge on any atom is 0.407 e. The molecule has 1 aromatic rings. The highest BCUT2D eigenvalue weighted by molar-refractivity contribution is 6.01. The molecule has 1 aromatic carbocycles. The summed E-state index contributed by atoms with van der Waals surface area (Å²) in [5.74, 6) is 0.541. The quantitative estimate of drug-likeness (QED) is 0.472. The van der Waals surface area contributed by atoms with E-state index in [2.05, 4.69) is 42.8 Å². The number of anilines is 2. The second-order valence-electron chi connectivity index (χ2n) is 11.9. The van der Waals surface area contributed by atoms with Gasteiger partial charge in [0.15, 0.2) is 0 Å². The third-order valence-corrected chi connectivity index (χ3v) is 7.83. The summed E-state index contributed by atoms with van der Waals surface area (Å²) in [5, 5.41) is 8.51. The van der Waals surface area contributed by atoms with Gasteiger partial charge in [-0.1, -0.05) is 0 Å². The molecule has 0 aromatic heterocycles. The Balaban J connectivity index is 0.984. The Labute approximate surface area is 219 Å². The van der Waals surface area contributed by atoms with Crippen LogP contribution in [0.15, 0.2) is 24.3 Å². The van der Waals surface area contributed by atoms with Crippen molar-refractivity contribution in [3.05, 3.63) is 24.3 Å². The van der Waals surface area contributed by atoms with Crippen molar-refractivity contribution in [1.82, 2.24) is 20.4 Å². The molecule has 0 spiro atoms. The number of carbonyl (C=O) groups is 3. The Kier molecular flexibility index (Phi) is 7.31. The Morgan fingerprint density at radius 2 is 1.65 bits per heavy atom. The number of piperidine rings is 2. The van der Waals surface area contributed by atoms with Crippen LogP contribution in [-0.2, 0) is 14.3 Å². The molecule has 10 nitrogen and oxygen atoms in total. The molecule has 4 aliphatic rings. The molecule has 3 aliphatic heterocycles. The molecule has 0 radical (unpaired) electrons. The fraction of sp³-hybridized carbons (Fsp3) is 0.667. The minimum absolute atomic E-state index is 0.0905. The molecule has 1 saturated carbocycles. The van der Waals surface area contributed by atoms with Gasteiger partial charge in [-0.2, -0.15) is 0 Å². The molecule has 3 N–H and O–H groups in total. The number of alkyl carbamates (subject to hydrolysis) is 1. The summed E-state index contributed by atoms with van der Waals surface area (Å²) in [6, 6.07) is 7.85. The highest BCUT2D eigenvalue weighted by atomic mass is 16.6. The minimum Gasteiger partial charge on any atom is -0.446 e. The maximum atomic E-state index is 12.0. The van der Waals surface area contributed by atoms with E-state index < -0.39 is 0 Å². The van der Waals surface area contributed by atoms with Crippen molar-refractivity contribution in [3.63, 3.8) is 0 Å². The predicted octanol–water partition coefficient (Wildman–Crippen LogP) is 1.48. The van der Waals surface area contributed by atoms with Crippen LogP contribution in [0.5, 0.6) is 0 Å². The molecule has 0 bridgehead atoms.